The molecule has 0 N–H and O–H groups in total. The molecule has 200 valence electrons. The number of hydrogen-bond donors (Lipinski definition) is 0. The van der Waals surface area contributed by atoms with E-state index >= 15 is 0 Å². The van der Waals surface area contributed by atoms with E-state index in [1.807, 2.05) is 23.5 Å². The Labute approximate surface area is 224 Å². The van der Waals surface area contributed by atoms with Crippen LogP contribution in [0.5, 0.6) is 0 Å². The third-order valence-corrected chi connectivity index (χ3v) is 12.1. The van der Waals surface area contributed by atoms with Crippen molar-refractivity contribution in [2.45, 2.75) is 125 Å². The minimum absolute atomic E-state index is 0.0187. The summed E-state index contributed by atoms with van der Waals surface area (Å²) in [6, 6.07) is -0.352. The molecular weight excluding hydrogens is 492 g/mol. The summed E-state index contributed by atoms with van der Waals surface area (Å²) in [5.41, 5.74) is 0. The third kappa shape index (κ3) is 6.00. The van der Waals surface area contributed by atoms with E-state index in [9.17, 15) is 19.2 Å². The van der Waals surface area contributed by atoms with E-state index in [-0.39, 0.29) is 47.5 Å². The van der Waals surface area contributed by atoms with E-state index in [1.165, 1.54) is 74.0 Å². The fraction of sp³-hybridized carbons (Fsp3) is 0.857. The molecule has 0 aromatic carbocycles. The van der Waals surface area contributed by atoms with Crippen LogP contribution in [0, 0.1) is 11.8 Å². The fourth-order valence-corrected chi connectivity index (χ4v) is 9.90. The van der Waals surface area contributed by atoms with Crippen molar-refractivity contribution in [3.05, 3.63) is 0 Å². The highest BCUT2D eigenvalue weighted by atomic mass is 32.2. The standard InChI is InChI=1S/C28H42N2O4S2/c31-25-14-19(17-35-23-10-3-1-4-11-23)27(33)29(25)21-8-7-9-22(16-21)30-26(32)15-20(28(30)34)18-36-24-12-5-2-6-13-24/h19-24H,1-18H2. The van der Waals surface area contributed by atoms with Gasteiger partial charge in [0.2, 0.25) is 23.6 Å². The smallest absolute Gasteiger partial charge is 0.233 e. The lowest BCUT2D eigenvalue weighted by atomic mass is 9.89. The third-order valence-electron chi connectivity index (χ3n) is 9.07. The molecule has 8 heteroatoms. The Balaban J connectivity index is 1.15. The summed E-state index contributed by atoms with van der Waals surface area (Å²) in [4.78, 5) is 55.5. The molecule has 0 radical (unpaired) electrons. The van der Waals surface area contributed by atoms with Gasteiger partial charge in [0.1, 0.15) is 0 Å². The summed E-state index contributed by atoms with van der Waals surface area (Å²) in [6.45, 7) is 0. The van der Waals surface area contributed by atoms with Crippen molar-refractivity contribution in [1.29, 1.82) is 0 Å². The molecule has 5 aliphatic rings. The Kier molecular flexibility index (Phi) is 9.03. The molecule has 3 saturated carbocycles. The van der Waals surface area contributed by atoms with E-state index < -0.39 is 0 Å². The highest BCUT2D eigenvalue weighted by Gasteiger charge is 2.47. The molecule has 2 aliphatic heterocycles. The summed E-state index contributed by atoms with van der Waals surface area (Å²) in [5, 5.41) is 1.26. The molecule has 5 fully saturated rings. The quantitative estimate of drug-likeness (QED) is 0.400. The van der Waals surface area contributed by atoms with Gasteiger partial charge in [-0.2, -0.15) is 23.5 Å². The molecule has 0 aromatic rings. The van der Waals surface area contributed by atoms with Crippen LogP contribution in [0.4, 0.5) is 0 Å². The Morgan fingerprint density at radius 2 is 0.972 bits per heavy atom. The number of carbonyl (C=O) groups excluding carboxylic acids is 4. The van der Waals surface area contributed by atoms with Crippen molar-refractivity contribution < 1.29 is 19.2 Å². The number of thioether (sulfide) groups is 2. The topological polar surface area (TPSA) is 74.8 Å². The first-order chi connectivity index (χ1) is 17.5. The number of nitrogens with zero attached hydrogens (tertiary/aromatic N) is 2. The molecule has 0 spiro atoms. The Hall–Kier alpha value is -1.02. The van der Waals surface area contributed by atoms with Gasteiger partial charge in [-0.25, -0.2) is 0 Å². The molecule has 6 nitrogen and oxygen atoms in total. The van der Waals surface area contributed by atoms with Crippen LogP contribution in [0.2, 0.25) is 0 Å². The van der Waals surface area contributed by atoms with E-state index in [0.717, 1.165) is 30.8 Å². The van der Waals surface area contributed by atoms with Gasteiger partial charge >= 0.3 is 0 Å². The van der Waals surface area contributed by atoms with Gasteiger partial charge in [-0.1, -0.05) is 38.5 Å². The van der Waals surface area contributed by atoms with Crippen molar-refractivity contribution in [1.82, 2.24) is 9.80 Å². The average molecular weight is 535 g/mol. The number of imide groups is 2. The predicted octanol–water partition coefficient (Wildman–Crippen LogP) is 5.18. The lowest BCUT2D eigenvalue weighted by Crippen LogP contribution is -2.50. The second kappa shape index (κ2) is 12.2. The van der Waals surface area contributed by atoms with Gasteiger partial charge in [-0.05, 0) is 51.4 Å². The molecule has 0 aromatic heterocycles. The summed E-state index contributed by atoms with van der Waals surface area (Å²) in [7, 11) is 0. The Morgan fingerprint density at radius 1 is 0.556 bits per heavy atom. The summed E-state index contributed by atoms with van der Waals surface area (Å²) < 4.78 is 0. The number of carbonyl (C=O) groups is 4. The molecule has 5 rings (SSSR count). The van der Waals surface area contributed by atoms with Crippen molar-refractivity contribution in [2.75, 3.05) is 11.5 Å². The summed E-state index contributed by atoms with van der Waals surface area (Å²) in [5.74, 6) is 0.921. The average Bonchev–Trinajstić information content (AvgIpc) is 3.35. The van der Waals surface area contributed by atoms with Gasteiger partial charge < -0.3 is 0 Å². The number of amides is 4. The normalized spacial score (nSPS) is 33.2. The maximum Gasteiger partial charge on any atom is 0.233 e. The van der Waals surface area contributed by atoms with Gasteiger partial charge in [-0.3, -0.25) is 29.0 Å². The molecule has 36 heavy (non-hydrogen) atoms. The first-order valence-electron chi connectivity index (χ1n) is 14.5. The number of rotatable bonds is 8. The zero-order chi connectivity index (χ0) is 25.1. The second-order valence-corrected chi connectivity index (χ2v) is 14.3. The molecule has 2 saturated heterocycles. The van der Waals surface area contributed by atoms with Crippen molar-refractivity contribution in [3.8, 4) is 0 Å². The van der Waals surface area contributed by atoms with E-state index in [4.69, 9.17) is 0 Å². The van der Waals surface area contributed by atoms with Crippen LogP contribution in [0.3, 0.4) is 0 Å². The van der Waals surface area contributed by atoms with Gasteiger partial charge in [0.05, 0.1) is 11.8 Å². The van der Waals surface area contributed by atoms with Crippen LogP contribution < -0.4 is 0 Å². The van der Waals surface area contributed by atoms with E-state index in [2.05, 4.69) is 0 Å². The minimum atomic E-state index is -0.207. The molecule has 4 atom stereocenters. The lowest BCUT2D eigenvalue weighted by molar-refractivity contribution is -0.145. The Morgan fingerprint density at radius 3 is 1.39 bits per heavy atom. The van der Waals surface area contributed by atoms with Gasteiger partial charge in [0, 0.05) is 46.9 Å². The number of hydrogen-bond acceptors (Lipinski definition) is 6. The van der Waals surface area contributed by atoms with Crippen molar-refractivity contribution >= 4 is 47.2 Å². The number of likely N-dealkylation sites (tertiary alicyclic amines) is 2. The largest absolute Gasteiger partial charge is 0.279 e. The molecule has 4 unspecified atom stereocenters. The van der Waals surface area contributed by atoms with Crippen LogP contribution in [0.1, 0.15) is 103 Å². The van der Waals surface area contributed by atoms with Crippen LogP contribution in [0.25, 0.3) is 0 Å². The lowest BCUT2D eigenvalue weighted by Gasteiger charge is -2.37. The molecule has 3 aliphatic carbocycles. The maximum absolute atomic E-state index is 13.3. The maximum atomic E-state index is 13.3. The van der Waals surface area contributed by atoms with Crippen LogP contribution in [0.15, 0.2) is 0 Å². The van der Waals surface area contributed by atoms with Crippen molar-refractivity contribution in [2.24, 2.45) is 11.8 Å². The van der Waals surface area contributed by atoms with Crippen LogP contribution in [-0.4, -0.2) is 67.5 Å². The first-order valence-corrected chi connectivity index (χ1v) is 16.6. The molecule has 0 bridgehead atoms. The summed E-state index contributed by atoms with van der Waals surface area (Å²) >= 11 is 3.77. The molecular formula is C28H42N2O4S2. The van der Waals surface area contributed by atoms with E-state index in [1.54, 1.807) is 0 Å². The monoisotopic (exact) mass is 534 g/mol. The SMILES string of the molecule is O=C1CC(CSC2CCCCC2)C(=O)N1C1CCCC(N2C(=O)CC(CSC3CCCCC3)C2=O)C1. The minimum Gasteiger partial charge on any atom is -0.279 e. The fourth-order valence-electron chi connectivity index (χ4n) is 7.04. The first kappa shape index (κ1) is 26.6. The zero-order valence-electron chi connectivity index (χ0n) is 21.5. The van der Waals surface area contributed by atoms with E-state index in [0.29, 0.717) is 29.8 Å². The van der Waals surface area contributed by atoms with Crippen LogP contribution in [-0.2, 0) is 19.2 Å². The van der Waals surface area contributed by atoms with Gasteiger partial charge in [0.15, 0.2) is 0 Å². The highest BCUT2D eigenvalue weighted by molar-refractivity contribution is 8.00. The van der Waals surface area contributed by atoms with Gasteiger partial charge in [0.25, 0.3) is 0 Å². The molecule has 2 heterocycles. The van der Waals surface area contributed by atoms with Crippen LogP contribution >= 0.6 is 23.5 Å². The second-order valence-electron chi connectivity index (χ2n) is 11.7. The zero-order valence-corrected chi connectivity index (χ0v) is 23.2. The summed E-state index contributed by atoms with van der Waals surface area (Å²) in [6.07, 6.45) is 16.3. The van der Waals surface area contributed by atoms with Gasteiger partial charge in [-0.15, -0.1) is 0 Å². The van der Waals surface area contributed by atoms with Crippen molar-refractivity contribution in [3.63, 3.8) is 0 Å². The molecule has 4 amide bonds. The highest BCUT2D eigenvalue weighted by Crippen LogP contribution is 2.38. The predicted molar refractivity (Wildman–Crippen MR) is 145 cm³/mol. The Bertz CT molecular complexity index is 773.